The predicted molar refractivity (Wildman–Crippen MR) is 96.4 cm³/mol. The molecule has 0 aromatic rings. The molecule has 1 N–H and O–H groups in total. The van der Waals surface area contributed by atoms with Crippen molar-refractivity contribution < 1.29 is 9.59 Å². The molecule has 25 heavy (non-hydrogen) atoms. The van der Waals surface area contributed by atoms with Crippen molar-refractivity contribution in [3.05, 3.63) is 0 Å². The van der Waals surface area contributed by atoms with Gasteiger partial charge in [0.15, 0.2) is 0 Å². The van der Waals surface area contributed by atoms with Gasteiger partial charge in [0, 0.05) is 6.54 Å². The van der Waals surface area contributed by atoms with Gasteiger partial charge in [-0.05, 0) is 50.5 Å². The molecule has 3 amide bonds. The third kappa shape index (κ3) is 4.14. The SMILES string of the molecule is CCN(CC(C)C#N)CN1C(=O)NC2(CCC(C(C)(C)C)CC2)C1=O. The highest BCUT2D eigenvalue weighted by Gasteiger charge is 2.53. The maximum Gasteiger partial charge on any atom is 0.326 e. The maximum absolute atomic E-state index is 13.0. The summed E-state index contributed by atoms with van der Waals surface area (Å²) in [6, 6.07) is 1.92. The van der Waals surface area contributed by atoms with E-state index in [-0.39, 0.29) is 29.9 Å². The molecule has 2 fully saturated rings. The van der Waals surface area contributed by atoms with E-state index < -0.39 is 5.54 Å². The summed E-state index contributed by atoms with van der Waals surface area (Å²) in [5, 5.41) is 12.0. The number of nitrogens with one attached hydrogen (secondary N) is 1. The average Bonchev–Trinajstić information content (AvgIpc) is 2.77. The highest BCUT2D eigenvalue weighted by Crippen LogP contribution is 2.43. The van der Waals surface area contributed by atoms with E-state index in [1.807, 2.05) is 18.7 Å². The van der Waals surface area contributed by atoms with Crippen molar-refractivity contribution in [2.75, 3.05) is 19.8 Å². The summed E-state index contributed by atoms with van der Waals surface area (Å²) in [5.41, 5.74) is -0.474. The van der Waals surface area contributed by atoms with E-state index in [1.54, 1.807) is 0 Å². The van der Waals surface area contributed by atoms with Gasteiger partial charge in [0.25, 0.3) is 5.91 Å². The van der Waals surface area contributed by atoms with Crippen molar-refractivity contribution in [2.45, 2.75) is 65.8 Å². The summed E-state index contributed by atoms with van der Waals surface area (Å²) in [6.45, 7) is 12.1. The van der Waals surface area contributed by atoms with Gasteiger partial charge in [-0.1, -0.05) is 27.7 Å². The summed E-state index contributed by atoms with van der Waals surface area (Å²) < 4.78 is 0. The Morgan fingerprint density at radius 3 is 2.44 bits per heavy atom. The van der Waals surface area contributed by atoms with Crippen molar-refractivity contribution in [1.82, 2.24) is 15.1 Å². The topological polar surface area (TPSA) is 76.4 Å². The number of carbonyl (C=O) groups excluding carboxylic acids is 2. The minimum Gasteiger partial charge on any atom is -0.323 e. The van der Waals surface area contributed by atoms with Crippen LogP contribution in [0.3, 0.4) is 0 Å². The van der Waals surface area contributed by atoms with Crippen molar-refractivity contribution in [2.24, 2.45) is 17.3 Å². The lowest BCUT2D eigenvalue weighted by Gasteiger charge is -2.40. The number of hydrogen-bond donors (Lipinski definition) is 1. The maximum atomic E-state index is 13.0. The molecule has 1 aliphatic carbocycles. The number of imide groups is 1. The van der Waals surface area contributed by atoms with Gasteiger partial charge in [-0.15, -0.1) is 0 Å². The number of amides is 3. The van der Waals surface area contributed by atoms with Crippen molar-refractivity contribution >= 4 is 11.9 Å². The normalized spacial score (nSPS) is 28.4. The molecule has 0 aromatic carbocycles. The second-order valence-corrected chi connectivity index (χ2v) is 8.73. The Labute approximate surface area is 151 Å². The molecule has 6 heteroatoms. The molecule has 0 bridgehead atoms. The first kappa shape index (κ1) is 19.7. The van der Waals surface area contributed by atoms with Crippen LogP contribution in [0.15, 0.2) is 0 Å². The average molecular weight is 348 g/mol. The molecule has 1 spiro atoms. The third-order valence-electron chi connectivity index (χ3n) is 5.85. The smallest absolute Gasteiger partial charge is 0.323 e. The fourth-order valence-corrected chi connectivity index (χ4v) is 4.04. The van der Waals surface area contributed by atoms with Crippen LogP contribution in [0.5, 0.6) is 0 Å². The van der Waals surface area contributed by atoms with Crippen molar-refractivity contribution in [3.63, 3.8) is 0 Å². The lowest BCUT2D eigenvalue weighted by atomic mass is 9.67. The van der Waals surface area contributed by atoms with Gasteiger partial charge in [0.1, 0.15) is 5.54 Å². The van der Waals surface area contributed by atoms with Gasteiger partial charge < -0.3 is 5.32 Å². The van der Waals surface area contributed by atoms with E-state index >= 15 is 0 Å². The van der Waals surface area contributed by atoms with E-state index in [0.29, 0.717) is 19.0 Å². The zero-order chi connectivity index (χ0) is 18.8. The monoisotopic (exact) mass is 348 g/mol. The summed E-state index contributed by atoms with van der Waals surface area (Å²) in [7, 11) is 0. The zero-order valence-corrected chi connectivity index (χ0v) is 16.3. The largest absolute Gasteiger partial charge is 0.326 e. The predicted octanol–water partition coefficient (Wildman–Crippen LogP) is 2.95. The highest BCUT2D eigenvalue weighted by atomic mass is 16.2. The molecule has 0 radical (unpaired) electrons. The van der Waals surface area contributed by atoms with Gasteiger partial charge in [0.2, 0.25) is 0 Å². The van der Waals surface area contributed by atoms with Crippen LogP contribution in [-0.2, 0) is 4.79 Å². The van der Waals surface area contributed by atoms with Gasteiger partial charge in [-0.25, -0.2) is 9.69 Å². The molecule has 140 valence electrons. The van der Waals surface area contributed by atoms with E-state index in [1.165, 1.54) is 4.90 Å². The first-order chi connectivity index (χ1) is 11.6. The molecule has 2 rings (SSSR count). The molecular formula is C19H32N4O2. The summed E-state index contributed by atoms with van der Waals surface area (Å²) in [6.07, 6.45) is 3.37. The van der Waals surface area contributed by atoms with Gasteiger partial charge in [-0.3, -0.25) is 9.69 Å². The molecule has 6 nitrogen and oxygen atoms in total. The van der Waals surface area contributed by atoms with E-state index in [4.69, 9.17) is 5.26 Å². The minimum absolute atomic E-state index is 0.0899. The Bertz CT molecular complexity index is 553. The number of rotatable bonds is 5. The second-order valence-electron chi connectivity index (χ2n) is 8.73. The Morgan fingerprint density at radius 1 is 1.36 bits per heavy atom. The van der Waals surface area contributed by atoms with Crippen LogP contribution in [0.4, 0.5) is 4.79 Å². The van der Waals surface area contributed by atoms with Crippen molar-refractivity contribution in [3.8, 4) is 6.07 Å². The fraction of sp³-hybridized carbons (Fsp3) is 0.842. The Kier molecular flexibility index (Phi) is 5.78. The highest BCUT2D eigenvalue weighted by molar-refractivity contribution is 6.07. The number of nitriles is 1. The molecule has 0 aromatic heterocycles. The molecule has 1 heterocycles. The third-order valence-corrected chi connectivity index (χ3v) is 5.85. The fourth-order valence-electron chi connectivity index (χ4n) is 4.04. The summed E-state index contributed by atoms with van der Waals surface area (Å²) in [4.78, 5) is 28.8. The molecule has 1 saturated heterocycles. The van der Waals surface area contributed by atoms with E-state index in [0.717, 1.165) is 25.7 Å². The van der Waals surface area contributed by atoms with Crippen LogP contribution in [0.25, 0.3) is 0 Å². The van der Waals surface area contributed by atoms with Crippen LogP contribution in [0.1, 0.15) is 60.3 Å². The summed E-state index contributed by atoms with van der Waals surface area (Å²) >= 11 is 0. The molecule has 1 saturated carbocycles. The molecule has 2 aliphatic rings. The number of nitrogens with zero attached hydrogens (tertiary/aromatic N) is 3. The Balaban J connectivity index is 2.04. The standard InChI is InChI=1S/C19H32N4O2/c1-6-22(12-14(2)11-20)13-23-16(24)19(21-17(23)25)9-7-15(8-10-19)18(3,4)5/h14-15H,6-10,12-13H2,1-5H3,(H,21,25). The van der Waals surface area contributed by atoms with Crippen LogP contribution >= 0.6 is 0 Å². The number of urea groups is 1. The van der Waals surface area contributed by atoms with Crippen LogP contribution in [0.2, 0.25) is 0 Å². The van der Waals surface area contributed by atoms with E-state index in [9.17, 15) is 9.59 Å². The lowest BCUT2D eigenvalue weighted by Crippen LogP contribution is -2.51. The van der Waals surface area contributed by atoms with Gasteiger partial charge in [-0.2, -0.15) is 5.26 Å². The molecule has 1 aliphatic heterocycles. The zero-order valence-electron chi connectivity index (χ0n) is 16.3. The van der Waals surface area contributed by atoms with E-state index in [2.05, 4.69) is 32.2 Å². The Morgan fingerprint density at radius 2 is 1.96 bits per heavy atom. The van der Waals surface area contributed by atoms with Gasteiger partial charge in [0.05, 0.1) is 18.7 Å². The quantitative estimate of drug-likeness (QED) is 0.775. The molecular weight excluding hydrogens is 316 g/mol. The lowest BCUT2D eigenvalue weighted by molar-refractivity contribution is -0.134. The minimum atomic E-state index is -0.709. The molecule has 1 atom stereocenters. The number of hydrogen-bond acceptors (Lipinski definition) is 4. The Hall–Kier alpha value is -1.61. The second kappa shape index (κ2) is 7.33. The molecule has 1 unspecified atom stereocenters. The first-order valence-electron chi connectivity index (χ1n) is 9.39. The summed E-state index contributed by atoms with van der Waals surface area (Å²) in [5.74, 6) is 0.366. The van der Waals surface area contributed by atoms with Crippen LogP contribution in [0, 0.1) is 28.6 Å². The number of carbonyl (C=O) groups is 2. The van der Waals surface area contributed by atoms with Gasteiger partial charge >= 0.3 is 6.03 Å². The first-order valence-corrected chi connectivity index (χ1v) is 9.39. The van der Waals surface area contributed by atoms with Crippen LogP contribution < -0.4 is 5.32 Å². The van der Waals surface area contributed by atoms with Crippen molar-refractivity contribution in [1.29, 1.82) is 5.26 Å². The van der Waals surface area contributed by atoms with Crippen LogP contribution in [-0.4, -0.2) is 47.0 Å².